The number of aliphatic hydroxyl groups excluding tert-OH is 1. The van der Waals surface area contributed by atoms with E-state index in [4.69, 9.17) is 10.8 Å². The van der Waals surface area contributed by atoms with Crippen LogP contribution in [0.2, 0.25) is 0 Å². The van der Waals surface area contributed by atoms with Crippen LogP contribution in [0, 0.1) is 0 Å². The molecule has 4 N–H and O–H groups in total. The van der Waals surface area contributed by atoms with Crippen molar-refractivity contribution in [3.05, 3.63) is 35.4 Å². The van der Waals surface area contributed by atoms with Crippen LogP contribution in [0.25, 0.3) is 0 Å². The highest BCUT2D eigenvalue weighted by atomic mass is 16.3. The van der Waals surface area contributed by atoms with Gasteiger partial charge < -0.3 is 16.2 Å². The molecule has 0 unspecified atom stereocenters. The zero-order valence-corrected chi connectivity index (χ0v) is 10.6. The molecule has 1 aromatic carbocycles. The summed E-state index contributed by atoms with van der Waals surface area (Å²) >= 11 is 0. The van der Waals surface area contributed by atoms with E-state index in [1.165, 1.54) is 0 Å². The summed E-state index contributed by atoms with van der Waals surface area (Å²) < 4.78 is 0. The monoisotopic (exact) mass is 238 g/mol. The van der Waals surface area contributed by atoms with Gasteiger partial charge in [0, 0.05) is 19.5 Å². The molecule has 0 aliphatic heterocycles. The van der Waals surface area contributed by atoms with Crippen LogP contribution >= 0.6 is 0 Å². The standard InChI is InChI=1S/C11H16N2O2.C2H6/c12-7-9-2-1-3-10(6-9)8-13-11(15)4-5-14;1-2/h1-3,6,14H,4-5,7-8,12H2,(H,13,15);1-2H3. The van der Waals surface area contributed by atoms with Gasteiger partial charge in [-0.15, -0.1) is 0 Å². The first-order chi connectivity index (χ1) is 8.26. The van der Waals surface area contributed by atoms with Gasteiger partial charge in [-0.1, -0.05) is 38.1 Å². The van der Waals surface area contributed by atoms with Crippen molar-refractivity contribution in [1.82, 2.24) is 5.32 Å². The molecule has 17 heavy (non-hydrogen) atoms. The Morgan fingerprint density at radius 1 is 1.35 bits per heavy atom. The van der Waals surface area contributed by atoms with E-state index in [0.29, 0.717) is 13.1 Å². The molecular formula is C13H22N2O2. The first-order valence-electron chi connectivity index (χ1n) is 5.91. The molecule has 1 aromatic rings. The second kappa shape index (κ2) is 9.81. The van der Waals surface area contributed by atoms with E-state index in [1.807, 2.05) is 38.1 Å². The molecule has 0 saturated carbocycles. The zero-order valence-electron chi connectivity index (χ0n) is 10.6. The largest absolute Gasteiger partial charge is 0.396 e. The molecule has 96 valence electrons. The predicted octanol–water partition coefficient (Wildman–Crippen LogP) is 1.17. The Balaban J connectivity index is 0.00000121. The second-order valence-corrected chi connectivity index (χ2v) is 3.27. The molecule has 4 heteroatoms. The fourth-order valence-electron chi connectivity index (χ4n) is 1.26. The van der Waals surface area contributed by atoms with Crippen molar-refractivity contribution in [2.45, 2.75) is 33.4 Å². The molecule has 0 radical (unpaired) electrons. The summed E-state index contributed by atoms with van der Waals surface area (Å²) in [5.74, 6) is -0.143. The molecule has 1 rings (SSSR count). The number of hydrogen-bond donors (Lipinski definition) is 3. The average molecular weight is 238 g/mol. The summed E-state index contributed by atoms with van der Waals surface area (Å²) in [5, 5.41) is 11.3. The second-order valence-electron chi connectivity index (χ2n) is 3.27. The van der Waals surface area contributed by atoms with Crippen molar-refractivity contribution in [3.8, 4) is 0 Å². The first-order valence-corrected chi connectivity index (χ1v) is 5.91. The Hall–Kier alpha value is -1.39. The molecule has 4 nitrogen and oxygen atoms in total. The van der Waals surface area contributed by atoms with E-state index in [2.05, 4.69) is 5.32 Å². The third kappa shape index (κ3) is 6.71. The first kappa shape index (κ1) is 15.6. The van der Waals surface area contributed by atoms with Gasteiger partial charge in [0.15, 0.2) is 0 Å². The molecule has 0 aromatic heterocycles. The molecule has 0 spiro atoms. The highest BCUT2D eigenvalue weighted by molar-refractivity contribution is 5.75. The van der Waals surface area contributed by atoms with Crippen LogP contribution < -0.4 is 11.1 Å². The van der Waals surface area contributed by atoms with Crippen molar-refractivity contribution in [2.24, 2.45) is 5.73 Å². The van der Waals surface area contributed by atoms with Gasteiger partial charge in [-0.3, -0.25) is 4.79 Å². The van der Waals surface area contributed by atoms with Gasteiger partial charge in [0.05, 0.1) is 6.61 Å². The summed E-state index contributed by atoms with van der Waals surface area (Å²) in [4.78, 5) is 11.1. The summed E-state index contributed by atoms with van der Waals surface area (Å²) in [6.07, 6.45) is 0.149. The minimum Gasteiger partial charge on any atom is -0.396 e. The maximum absolute atomic E-state index is 11.1. The number of rotatable bonds is 5. The number of carbonyl (C=O) groups is 1. The summed E-state index contributed by atoms with van der Waals surface area (Å²) in [5.41, 5.74) is 7.57. The van der Waals surface area contributed by atoms with Gasteiger partial charge >= 0.3 is 0 Å². The Bertz CT molecular complexity index is 327. The number of carbonyl (C=O) groups excluding carboxylic acids is 1. The molecule has 0 aliphatic carbocycles. The molecule has 0 fully saturated rings. The maximum atomic E-state index is 11.1. The average Bonchev–Trinajstić information content (AvgIpc) is 2.39. The molecule has 0 atom stereocenters. The van der Waals surface area contributed by atoms with Crippen molar-refractivity contribution < 1.29 is 9.90 Å². The maximum Gasteiger partial charge on any atom is 0.222 e. The zero-order chi connectivity index (χ0) is 13.1. The Kier molecular flexibility index (Phi) is 9.01. The highest BCUT2D eigenvalue weighted by Crippen LogP contribution is 2.04. The van der Waals surface area contributed by atoms with Gasteiger partial charge in [-0.25, -0.2) is 0 Å². The Morgan fingerprint density at radius 2 is 2.00 bits per heavy atom. The minimum absolute atomic E-state index is 0.116. The van der Waals surface area contributed by atoms with Crippen molar-refractivity contribution >= 4 is 5.91 Å². The van der Waals surface area contributed by atoms with Crippen molar-refractivity contribution in [3.63, 3.8) is 0 Å². The van der Waals surface area contributed by atoms with Crippen LogP contribution in [0.1, 0.15) is 31.4 Å². The number of nitrogens with two attached hydrogens (primary N) is 1. The van der Waals surface area contributed by atoms with Gasteiger partial charge in [0.2, 0.25) is 5.91 Å². The number of aliphatic hydroxyl groups is 1. The fourth-order valence-corrected chi connectivity index (χ4v) is 1.26. The third-order valence-electron chi connectivity index (χ3n) is 2.06. The molecule has 0 saturated heterocycles. The lowest BCUT2D eigenvalue weighted by Crippen LogP contribution is -2.23. The normalized spacial score (nSPS) is 9.18. The van der Waals surface area contributed by atoms with Crippen LogP contribution in [0.15, 0.2) is 24.3 Å². The number of benzene rings is 1. The molecular weight excluding hydrogens is 216 g/mol. The predicted molar refractivity (Wildman–Crippen MR) is 69.2 cm³/mol. The van der Waals surface area contributed by atoms with Crippen molar-refractivity contribution in [2.75, 3.05) is 6.61 Å². The van der Waals surface area contributed by atoms with E-state index in [0.717, 1.165) is 11.1 Å². The van der Waals surface area contributed by atoms with Crippen LogP contribution in [0.5, 0.6) is 0 Å². The third-order valence-corrected chi connectivity index (χ3v) is 2.06. The number of hydrogen-bond acceptors (Lipinski definition) is 3. The lowest BCUT2D eigenvalue weighted by atomic mass is 10.1. The lowest BCUT2D eigenvalue weighted by Gasteiger charge is -2.05. The van der Waals surface area contributed by atoms with Crippen molar-refractivity contribution in [1.29, 1.82) is 0 Å². The van der Waals surface area contributed by atoms with E-state index in [1.54, 1.807) is 0 Å². The Labute approximate surface area is 103 Å². The van der Waals surface area contributed by atoms with Crippen LogP contribution in [0.3, 0.4) is 0 Å². The quantitative estimate of drug-likeness (QED) is 0.720. The summed E-state index contributed by atoms with van der Waals surface area (Å²) in [6.45, 7) is 4.86. The van der Waals surface area contributed by atoms with E-state index < -0.39 is 0 Å². The molecule has 1 amide bonds. The highest BCUT2D eigenvalue weighted by Gasteiger charge is 2.00. The number of nitrogens with one attached hydrogen (secondary N) is 1. The van der Waals surface area contributed by atoms with Crippen LogP contribution in [0.4, 0.5) is 0 Å². The molecule has 0 aliphatic rings. The van der Waals surface area contributed by atoms with Gasteiger partial charge in [-0.2, -0.15) is 0 Å². The lowest BCUT2D eigenvalue weighted by molar-refractivity contribution is -0.121. The SMILES string of the molecule is CC.NCc1cccc(CNC(=O)CCO)c1. The van der Waals surface area contributed by atoms with Crippen LogP contribution in [-0.4, -0.2) is 17.6 Å². The number of amides is 1. The van der Waals surface area contributed by atoms with Gasteiger partial charge in [-0.05, 0) is 11.1 Å². The molecule has 0 bridgehead atoms. The fraction of sp³-hybridized carbons (Fsp3) is 0.462. The smallest absolute Gasteiger partial charge is 0.222 e. The van der Waals surface area contributed by atoms with Crippen LogP contribution in [-0.2, 0) is 17.9 Å². The summed E-state index contributed by atoms with van der Waals surface area (Å²) in [7, 11) is 0. The van der Waals surface area contributed by atoms with Gasteiger partial charge in [0.25, 0.3) is 0 Å². The van der Waals surface area contributed by atoms with E-state index in [9.17, 15) is 4.79 Å². The topological polar surface area (TPSA) is 75.3 Å². The van der Waals surface area contributed by atoms with E-state index >= 15 is 0 Å². The minimum atomic E-state index is -0.143. The summed E-state index contributed by atoms with van der Waals surface area (Å²) in [6, 6.07) is 7.74. The van der Waals surface area contributed by atoms with E-state index in [-0.39, 0.29) is 18.9 Å². The molecule has 0 heterocycles. The van der Waals surface area contributed by atoms with Gasteiger partial charge in [0.1, 0.15) is 0 Å². The Morgan fingerprint density at radius 3 is 2.59 bits per heavy atom.